The van der Waals surface area contributed by atoms with Crippen LogP contribution in [-0.4, -0.2) is 17.6 Å². The number of para-hydroxylation sites is 2. The number of carbonyl (C=O) groups excluding carboxylic acids is 2. The predicted octanol–water partition coefficient (Wildman–Crippen LogP) is 5.86. The molecule has 2 amide bonds. The number of nitriles is 1. The number of amides is 2. The molecule has 37 heavy (non-hydrogen) atoms. The minimum Gasteiger partial charge on any atom is -0.468 e. The van der Waals surface area contributed by atoms with Crippen LogP contribution in [-0.2, 0) is 16.0 Å². The van der Waals surface area contributed by atoms with E-state index < -0.39 is 5.92 Å². The van der Waals surface area contributed by atoms with E-state index in [2.05, 4.69) is 22.0 Å². The molecule has 0 saturated carbocycles. The first kappa shape index (κ1) is 25.9. The molecule has 2 heterocycles. The van der Waals surface area contributed by atoms with Gasteiger partial charge in [0.2, 0.25) is 5.91 Å². The van der Waals surface area contributed by atoms with Gasteiger partial charge in [0.25, 0.3) is 5.91 Å². The quantitative estimate of drug-likeness (QED) is 0.349. The summed E-state index contributed by atoms with van der Waals surface area (Å²) in [5.41, 5.74) is 4.75. The van der Waals surface area contributed by atoms with Gasteiger partial charge in [-0.3, -0.25) is 9.59 Å². The van der Waals surface area contributed by atoms with Crippen LogP contribution in [0.25, 0.3) is 0 Å². The van der Waals surface area contributed by atoms with Crippen molar-refractivity contribution in [1.29, 1.82) is 5.26 Å². The van der Waals surface area contributed by atoms with E-state index in [0.717, 1.165) is 23.2 Å². The van der Waals surface area contributed by atoms with Gasteiger partial charge in [-0.05, 0) is 55.7 Å². The fourth-order valence-corrected chi connectivity index (χ4v) is 5.14. The van der Waals surface area contributed by atoms with Crippen LogP contribution in [0.4, 0.5) is 11.4 Å². The molecule has 0 spiro atoms. The molecular formula is C29H28N4O3S. The Bertz CT molecular complexity index is 1420. The third-order valence-electron chi connectivity index (χ3n) is 6.13. The zero-order chi connectivity index (χ0) is 26.4. The molecule has 188 valence electrons. The fourth-order valence-electron chi connectivity index (χ4n) is 4.24. The van der Waals surface area contributed by atoms with E-state index in [1.165, 1.54) is 18.0 Å². The normalized spacial score (nSPS) is 15.1. The number of hydrogen-bond donors (Lipinski definition) is 3. The van der Waals surface area contributed by atoms with Crippen LogP contribution in [0.2, 0.25) is 0 Å². The molecule has 1 atom stereocenters. The van der Waals surface area contributed by atoms with Crippen LogP contribution in [0.1, 0.15) is 36.7 Å². The summed E-state index contributed by atoms with van der Waals surface area (Å²) in [7, 11) is 0. The summed E-state index contributed by atoms with van der Waals surface area (Å²) < 4.78 is 5.67. The summed E-state index contributed by atoms with van der Waals surface area (Å²) in [6.07, 6.45) is 2.32. The third kappa shape index (κ3) is 5.79. The minimum atomic E-state index is -0.711. The SMILES string of the molecule is CCc1ccccc1NC(=O)CSC1=C(C#N)C(c2ccco2)C(C(=O)Nc2ccccc2C)=C(C)N1. The molecule has 4 rings (SSSR count). The molecule has 0 bridgehead atoms. The van der Waals surface area contributed by atoms with E-state index in [1.807, 2.05) is 62.4 Å². The predicted molar refractivity (Wildman–Crippen MR) is 147 cm³/mol. The molecule has 7 nitrogen and oxygen atoms in total. The maximum absolute atomic E-state index is 13.5. The summed E-state index contributed by atoms with van der Waals surface area (Å²) in [6.45, 7) is 5.74. The molecule has 1 aliphatic heterocycles. The van der Waals surface area contributed by atoms with E-state index in [1.54, 1.807) is 19.1 Å². The van der Waals surface area contributed by atoms with Gasteiger partial charge in [-0.2, -0.15) is 5.26 Å². The van der Waals surface area contributed by atoms with Crippen molar-refractivity contribution in [2.45, 2.75) is 33.1 Å². The van der Waals surface area contributed by atoms with Crippen LogP contribution in [0.5, 0.6) is 0 Å². The van der Waals surface area contributed by atoms with Crippen LogP contribution < -0.4 is 16.0 Å². The highest BCUT2D eigenvalue weighted by atomic mass is 32.2. The van der Waals surface area contributed by atoms with Gasteiger partial charge in [-0.15, -0.1) is 0 Å². The first-order valence-corrected chi connectivity index (χ1v) is 12.9. The highest BCUT2D eigenvalue weighted by molar-refractivity contribution is 8.03. The average molecular weight is 513 g/mol. The Labute approximate surface area is 220 Å². The maximum atomic E-state index is 13.5. The maximum Gasteiger partial charge on any atom is 0.254 e. The number of furan rings is 1. The molecule has 3 N–H and O–H groups in total. The van der Waals surface area contributed by atoms with Crippen molar-refractivity contribution in [2.24, 2.45) is 0 Å². The molecular weight excluding hydrogens is 484 g/mol. The number of anilines is 2. The van der Waals surface area contributed by atoms with E-state index in [-0.39, 0.29) is 17.6 Å². The Morgan fingerprint density at radius 1 is 1.03 bits per heavy atom. The Morgan fingerprint density at radius 2 is 1.76 bits per heavy atom. The van der Waals surface area contributed by atoms with Crippen molar-refractivity contribution in [1.82, 2.24) is 5.32 Å². The van der Waals surface area contributed by atoms with Crippen molar-refractivity contribution in [3.05, 3.63) is 106 Å². The number of dihydropyridines is 1. The van der Waals surface area contributed by atoms with Gasteiger partial charge in [0, 0.05) is 17.1 Å². The minimum absolute atomic E-state index is 0.0917. The van der Waals surface area contributed by atoms with Gasteiger partial charge < -0.3 is 20.4 Å². The van der Waals surface area contributed by atoms with Crippen molar-refractivity contribution in [3.63, 3.8) is 0 Å². The van der Waals surface area contributed by atoms with Gasteiger partial charge in [0.15, 0.2) is 0 Å². The van der Waals surface area contributed by atoms with Crippen molar-refractivity contribution < 1.29 is 14.0 Å². The molecule has 0 radical (unpaired) electrons. The second-order valence-electron chi connectivity index (χ2n) is 8.58. The number of rotatable bonds is 8. The number of benzene rings is 2. The summed E-state index contributed by atoms with van der Waals surface area (Å²) in [4.78, 5) is 26.2. The lowest BCUT2D eigenvalue weighted by Crippen LogP contribution is -2.31. The molecule has 1 aromatic heterocycles. The smallest absolute Gasteiger partial charge is 0.254 e. The monoisotopic (exact) mass is 512 g/mol. The summed E-state index contributed by atoms with van der Waals surface area (Å²) in [6, 6.07) is 20.9. The van der Waals surface area contributed by atoms with Crippen molar-refractivity contribution in [2.75, 3.05) is 16.4 Å². The highest BCUT2D eigenvalue weighted by Gasteiger charge is 2.36. The van der Waals surface area contributed by atoms with Gasteiger partial charge >= 0.3 is 0 Å². The Hall–Kier alpha value is -4.22. The number of allylic oxidation sites excluding steroid dienone is 2. The van der Waals surface area contributed by atoms with Gasteiger partial charge in [0.1, 0.15) is 5.76 Å². The van der Waals surface area contributed by atoms with Crippen molar-refractivity contribution >= 4 is 35.0 Å². The number of thioether (sulfide) groups is 1. The first-order chi connectivity index (χ1) is 17.9. The number of carbonyl (C=O) groups is 2. The number of aryl methyl sites for hydroxylation is 2. The Balaban J connectivity index is 1.59. The van der Waals surface area contributed by atoms with Crippen LogP contribution in [0, 0.1) is 18.3 Å². The molecule has 0 fully saturated rings. The van der Waals surface area contributed by atoms with Crippen LogP contribution >= 0.6 is 11.8 Å². The van der Waals surface area contributed by atoms with E-state index in [9.17, 15) is 14.9 Å². The lowest BCUT2D eigenvalue weighted by molar-refractivity contribution is -0.114. The summed E-state index contributed by atoms with van der Waals surface area (Å²) in [5.74, 6) is -0.652. The van der Waals surface area contributed by atoms with E-state index in [0.29, 0.717) is 33.3 Å². The third-order valence-corrected chi connectivity index (χ3v) is 7.15. The lowest BCUT2D eigenvalue weighted by Gasteiger charge is -2.28. The molecule has 1 aliphatic rings. The summed E-state index contributed by atoms with van der Waals surface area (Å²) in [5, 5.41) is 19.8. The average Bonchev–Trinajstić information content (AvgIpc) is 3.43. The molecule has 0 saturated heterocycles. The largest absolute Gasteiger partial charge is 0.468 e. The number of nitrogens with zero attached hydrogens (tertiary/aromatic N) is 1. The standard InChI is InChI=1S/C29H28N4O3S/c1-4-20-11-6-8-13-23(20)32-25(34)17-37-29-21(16-30)27(24-14-9-15-36-24)26(19(3)31-29)28(35)33-22-12-7-5-10-18(22)2/h5-15,27,31H,4,17H2,1-3H3,(H,32,34)(H,33,35). The molecule has 8 heteroatoms. The fraction of sp³-hybridized carbons (Fsp3) is 0.207. The second kappa shape index (κ2) is 11.7. The number of hydrogen-bond acceptors (Lipinski definition) is 6. The summed E-state index contributed by atoms with van der Waals surface area (Å²) >= 11 is 1.22. The van der Waals surface area contributed by atoms with Crippen molar-refractivity contribution in [3.8, 4) is 6.07 Å². The van der Waals surface area contributed by atoms with E-state index in [4.69, 9.17) is 4.42 Å². The second-order valence-corrected chi connectivity index (χ2v) is 9.57. The van der Waals surface area contributed by atoms with Gasteiger partial charge in [-0.25, -0.2) is 0 Å². The number of nitrogens with one attached hydrogen (secondary N) is 3. The highest BCUT2D eigenvalue weighted by Crippen LogP contribution is 2.41. The molecule has 0 aliphatic carbocycles. The Morgan fingerprint density at radius 3 is 2.43 bits per heavy atom. The molecule has 2 aromatic carbocycles. The Kier molecular flexibility index (Phi) is 8.16. The van der Waals surface area contributed by atoms with Gasteiger partial charge in [0.05, 0.1) is 40.2 Å². The zero-order valence-corrected chi connectivity index (χ0v) is 21.7. The van der Waals surface area contributed by atoms with Gasteiger partial charge in [-0.1, -0.05) is 55.1 Å². The topological polar surface area (TPSA) is 107 Å². The van der Waals surface area contributed by atoms with Crippen LogP contribution in [0.3, 0.4) is 0 Å². The first-order valence-electron chi connectivity index (χ1n) is 12.0. The lowest BCUT2D eigenvalue weighted by atomic mass is 9.85. The van der Waals surface area contributed by atoms with Crippen LogP contribution in [0.15, 0.2) is 93.2 Å². The molecule has 3 aromatic rings. The van der Waals surface area contributed by atoms with E-state index >= 15 is 0 Å². The molecule has 1 unspecified atom stereocenters. The zero-order valence-electron chi connectivity index (χ0n) is 20.9.